The second-order valence-corrected chi connectivity index (χ2v) is 17.8. The Balaban J connectivity index is 1.47. The van der Waals surface area contributed by atoms with E-state index in [1.807, 2.05) is 64.6 Å². The Kier molecular flexibility index (Phi) is 14.8. The molecule has 59 heavy (non-hydrogen) atoms. The fourth-order valence-electron chi connectivity index (χ4n) is 9.55. The number of carbonyl (C=O) groups is 4. The summed E-state index contributed by atoms with van der Waals surface area (Å²) in [6, 6.07) is 2.81. The van der Waals surface area contributed by atoms with Crippen molar-refractivity contribution < 1.29 is 48.0 Å². The number of Topliss-reactive ketones (excluding diaryl/α,β-unsaturated/α-hetero) is 2. The van der Waals surface area contributed by atoms with E-state index in [-0.39, 0.29) is 43.4 Å². The van der Waals surface area contributed by atoms with Crippen LogP contribution < -0.4 is 0 Å². The maximum Gasteiger partial charge on any atom is 0.410 e. The number of aromatic nitrogens is 3. The molecule has 0 unspecified atom stereocenters. The number of cyclic esters (lactones) is 1. The number of rotatable bonds is 11. The Morgan fingerprint density at radius 2 is 1.76 bits per heavy atom. The van der Waals surface area contributed by atoms with Gasteiger partial charge in [-0.3, -0.25) is 24.3 Å². The molecular weight excluding hydrogens is 759 g/mol. The molecule has 15 heteroatoms. The van der Waals surface area contributed by atoms with Crippen LogP contribution in [0.3, 0.4) is 0 Å². The standard InChI is InChI=1S/C44H67N5O10/c1-13-34-44(10)38(49(42(54)59-44)19-15-18-48-23-32(46-24-48)31-16-14-17-45-22-31)28(6)35(50)26(4)21-43(9,55-12)39(29(7)36(51)30(8)40(53)57-34)58-41-37(52)33(20-27(5)56-41)47(11)25(2)3/h14,16-17,22-30,33-34,37-39,41,52H,13,15,18-21H2,1-12H3/t26-,27-,28+,29+,30-,33+,34-,37-,38+,39-,41+,43-,44-/m1/s1. The van der Waals surface area contributed by atoms with Crippen molar-refractivity contribution in [1.82, 2.24) is 24.3 Å². The third-order valence-electron chi connectivity index (χ3n) is 13.2. The van der Waals surface area contributed by atoms with Crippen LogP contribution in [0.4, 0.5) is 4.79 Å². The molecule has 0 radical (unpaired) electrons. The molecule has 3 aliphatic rings. The Bertz CT molecular complexity index is 1770. The van der Waals surface area contributed by atoms with E-state index >= 15 is 0 Å². The molecule has 0 aliphatic carbocycles. The predicted octanol–water partition coefficient (Wildman–Crippen LogP) is 5.32. The second kappa shape index (κ2) is 18.9. The van der Waals surface area contributed by atoms with Crippen LogP contribution in [0.15, 0.2) is 37.1 Å². The van der Waals surface area contributed by atoms with E-state index < -0.39 is 83.4 Å². The van der Waals surface area contributed by atoms with Gasteiger partial charge in [-0.1, -0.05) is 27.7 Å². The number of ketones is 2. The molecule has 5 heterocycles. The molecule has 3 fully saturated rings. The summed E-state index contributed by atoms with van der Waals surface area (Å²) in [4.78, 5) is 69.4. The number of aliphatic hydroxyl groups excluding tert-OH is 1. The Labute approximate surface area is 349 Å². The molecule has 328 valence electrons. The number of carbonyl (C=O) groups excluding carboxylic acids is 4. The van der Waals surface area contributed by atoms with Crippen LogP contribution in [0.5, 0.6) is 0 Å². The molecule has 0 bridgehead atoms. The molecule has 3 saturated heterocycles. The molecule has 0 saturated carbocycles. The lowest BCUT2D eigenvalue weighted by atomic mass is 9.73. The molecule has 2 aromatic rings. The highest BCUT2D eigenvalue weighted by Crippen LogP contribution is 2.43. The third-order valence-corrected chi connectivity index (χ3v) is 13.2. The molecule has 0 aromatic carbocycles. The van der Waals surface area contributed by atoms with Gasteiger partial charge in [0.05, 0.1) is 35.9 Å². The first-order valence-corrected chi connectivity index (χ1v) is 21.2. The van der Waals surface area contributed by atoms with Crippen LogP contribution in [0, 0.1) is 23.7 Å². The molecule has 0 spiro atoms. The van der Waals surface area contributed by atoms with Gasteiger partial charge in [0.15, 0.2) is 17.7 Å². The van der Waals surface area contributed by atoms with Crippen LogP contribution in [-0.4, -0.2) is 134 Å². The first kappa shape index (κ1) is 46.3. The molecule has 1 N–H and O–H groups in total. The van der Waals surface area contributed by atoms with Crippen molar-refractivity contribution in [2.75, 3.05) is 20.7 Å². The molecule has 5 rings (SSSR count). The first-order valence-electron chi connectivity index (χ1n) is 21.2. The third kappa shape index (κ3) is 9.59. The van der Waals surface area contributed by atoms with E-state index in [4.69, 9.17) is 23.7 Å². The van der Waals surface area contributed by atoms with Crippen molar-refractivity contribution in [1.29, 1.82) is 0 Å². The van der Waals surface area contributed by atoms with Crippen molar-refractivity contribution in [3.05, 3.63) is 37.1 Å². The van der Waals surface area contributed by atoms with Crippen LogP contribution in [0.1, 0.15) is 94.9 Å². The lowest BCUT2D eigenvalue weighted by Crippen LogP contribution is -2.61. The van der Waals surface area contributed by atoms with Crippen molar-refractivity contribution in [3.63, 3.8) is 0 Å². The van der Waals surface area contributed by atoms with Crippen LogP contribution >= 0.6 is 0 Å². The number of nitrogens with zero attached hydrogens (tertiary/aromatic N) is 5. The topological polar surface area (TPSA) is 172 Å². The Morgan fingerprint density at radius 3 is 2.39 bits per heavy atom. The molecule has 3 aliphatic heterocycles. The van der Waals surface area contributed by atoms with E-state index in [1.165, 1.54) is 14.0 Å². The summed E-state index contributed by atoms with van der Waals surface area (Å²) >= 11 is 0. The van der Waals surface area contributed by atoms with Crippen molar-refractivity contribution in [2.45, 2.75) is 161 Å². The average Bonchev–Trinajstić information content (AvgIpc) is 3.79. The van der Waals surface area contributed by atoms with Crippen LogP contribution in [-0.2, 0) is 44.6 Å². The predicted molar refractivity (Wildman–Crippen MR) is 219 cm³/mol. The van der Waals surface area contributed by atoms with E-state index in [0.29, 0.717) is 19.4 Å². The van der Waals surface area contributed by atoms with Crippen LogP contribution in [0.25, 0.3) is 11.3 Å². The lowest BCUT2D eigenvalue weighted by molar-refractivity contribution is -0.296. The summed E-state index contributed by atoms with van der Waals surface area (Å²) < 4.78 is 33.4. The van der Waals surface area contributed by atoms with Crippen LogP contribution in [0.2, 0.25) is 0 Å². The van der Waals surface area contributed by atoms with E-state index in [2.05, 4.69) is 14.9 Å². The largest absolute Gasteiger partial charge is 0.458 e. The zero-order valence-corrected chi connectivity index (χ0v) is 37.0. The number of likely N-dealkylation sites (N-methyl/N-ethyl adjacent to an activating group) is 1. The number of ether oxygens (including phenoxy) is 5. The van der Waals surface area contributed by atoms with Gasteiger partial charge in [0.2, 0.25) is 0 Å². The Hall–Kier alpha value is -3.76. The van der Waals surface area contributed by atoms with Crippen molar-refractivity contribution >= 4 is 23.6 Å². The van der Waals surface area contributed by atoms with Crippen molar-refractivity contribution in [2.24, 2.45) is 23.7 Å². The maximum absolute atomic E-state index is 14.8. The van der Waals surface area contributed by atoms with Gasteiger partial charge < -0.3 is 38.3 Å². The van der Waals surface area contributed by atoms with Gasteiger partial charge in [-0.25, -0.2) is 9.78 Å². The zero-order valence-electron chi connectivity index (χ0n) is 37.0. The molecule has 15 nitrogen and oxygen atoms in total. The SMILES string of the molecule is CC[C@H]1OC(=O)[C@H](C)C(=O)[C@H](C)[C@@H](O[C@@H]2O[C@H](C)C[C@H](N(C)C(C)C)[C@H]2O)[C@](C)(OC)C[C@@H](C)C(=O)[C@H](C)[C@@H]2N(CCCn3cnc(-c4cccnc4)c3)C(=O)O[C@@]21C. The maximum atomic E-state index is 14.8. The number of fused-ring (bicyclic) bond motifs is 1. The summed E-state index contributed by atoms with van der Waals surface area (Å²) in [6.45, 7) is 18.9. The normalized spacial score (nSPS) is 36.4. The van der Waals surface area contributed by atoms with Gasteiger partial charge in [0.25, 0.3) is 0 Å². The van der Waals surface area contributed by atoms with E-state index in [9.17, 15) is 24.3 Å². The highest BCUT2D eigenvalue weighted by molar-refractivity contribution is 6.00. The summed E-state index contributed by atoms with van der Waals surface area (Å²) in [5.41, 5.74) is -1.04. The highest BCUT2D eigenvalue weighted by atomic mass is 16.7. The molecule has 13 atom stereocenters. The highest BCUT2D eigenvalue weighted by Gasteiger charge is 2.60. The lowest BCUT2D eigenvalue weighted by Gasteiger charge is -2.48. The number of aliphatic hydroxyl groups is 1. The number of hydrogen-bond acceptors (Lipinski definition) is 13. The van der Waals surface area contributed by atoms with Gasteiger partial charge in [-0.05, 0) is 86.4 Å². The summed E-state index contributed by atoms with van der Waals surface area (Å²) in [5, 5.41) is 11.7. The molecule has 1 amide bonds. The minimum Gasteiger partial charge on any atom is -0.458 e. The quantitative estimate of drug-likeness (QED) is 0.228. The minimum atomic E-state index is -1.42. The van der Waals surface area contributed by atoms with Gasteiger partial charge >= 0.3 is 12.1 Å². The van der Waals surface area contributed by atoms with Gasteiger partial charge in [-0.2, -0.15) is 0 Å². The summed E-state index contributed by atoms with van der Waals surface area (Å²) in [6.07, 6.45) is 3.46. The van der Waals surface area contributed by atoms with E-state index in [0.717, 1.165) is 11.3 Å². The second-order valence-electron chi connectivity index (χ2n) is 17.8. The molecule has 2 aromatic heterocycles. The zero-order chi connectivity index (χ0) is 43.6. The smallest absolute Gasteiger partial charge is 0.410 e. The fourth-order valence-corrected chi connectivity index (χ4v) is 9.55. The number of methoxy groups -OCH3 is 1. The Morgan fingerprint density at radius 1 is 1.05 bits per heavy atom. The molecular formula is C44H67N5O10. The summed E-state index contributed by atoms with van der Waals surface area (Å²) in [7, 11) is 3.44. The number of pyridine rings is 1. The number of aryl methyl sites for hydroxylation is 1. The first-order chi connectivity index (χ1) is 27.8. The minimum absolute atomic E-state index is 0.122. The fraction of sp³-hybridized carbons (Fsp3) is 0.727. The van der Waals surface area contributed by atoms with Gasteiger partial charge in [0, 0.05) is 74.2 Å². The van der Waals surface area contributed by atoms with Crippen molar-refractivity contribution in [3.8, 4) is 11.3 Å². The number of hydrogen-bond donors (Lipinski definition) is 1. The monoisotopic (exact) mass is 825 g/mol. The summed E-state index contributed by atoms with van der Waals surface area (Å²) in [5.74, 6) is -5.01. The number of amides is 1. The average molecular weight is 826 g/mol. The number of esters is 1. The number of imidazole rings is 1. The van der Waals surface area contributed by atoms with Gasteiger partial charge in [0.1, 0.15) is 23.9 Å². The van der Waals surface area contributed by atoms with E-state index in [1.54, 1.807) is 51.3 Å². The van der Waals surface area contributed by atoms with Gasteiger partial charge in [-0.15, -0.1) is 0 Å².